The third kappa shape index (κ3) is 3.45. The van der Waals surface area contributed by atoms with Crippen molar-refractivity contribution in [2.45, 2.75) is 19.4 Å². The van der Waals surface area contributed by atoms with Crippen LogP contribution < -0.4 is 19.5 Å². The molecule has 2 aromatic rings. The third-order valence-corrected chi connectivity index (χ3v) is 4.23. The van der Waals surface area contributed by atoms with Gasteiger partial charge in [0.05, 0.1) is 6.54 Å². The Kier molecular flexibility index (Phi) is 4.05. The van der Waals surface area contributed by atoms with E-state index >= 15 is 0 Å². The number of aryl methyl sites for hydroxylation is 1. The Balaban J connectivity index is 1.33. The number of fused-ring (bicyclic) bond motifs is 1. The molecule has 1 fully saturated rings. The molecule has 1 saturated heterocycles. The fourth-order valence-corrected chi connectivity index (χ4v) is 2.88. The van der Waals surface area contributed by atoms with E-state index in [9.17, 15) is 4.79 Å². The van der Waals surface area contributed by atoms with Gasteiger partial charge in [0.25, 0.3) is 0 Å². The number of pyridine rings is 1. The number of ether oxygens (including phenoxy) is 3. The van der Waals surface area contributed by atoms with Gasteiger partial charge in [-0.15, -0.1) is 0 Å². The summed E-state index contributed by atoms with van der Waals surface area (Å²) >= 11 is 0. The number of anilines is 1. The molecule has 2 aliphatic heterocycles. The average molecular weight is 341 g/mol. The molecule has 0 spiro atoms. The Labute approximate surface area is 145 Å². The molecule has 7 heteroatoms. The first-order chi connectivity index (χ1) is 12.2. The van der Waals surface area contributed by atoms with Gasteiger partial charge in [0.1, 0.15) is 6.10 Å². The summed E-state index contributed by atoms with van der Waals surface area (Å²) in [6, 6.07) is 9.01. The molecule has 0 saturated carbocycles. The van der Waals surface area contributed by atoms with Crippen LogP contribution in [0.4, 0.5) is 10.5 Å². The molecule has 0 unspecified atom stereocenters. The van der Waals surface area contributed by atoms with Crippen molar-refractivity contribution < 1.29 is 19.0 Å². The van der Waals surface area contributed by atoms with Crippen molar-refractivity contribution in [2.24, 2.45) is 0 Å². The molecule has 2 amide bonds. The topological polar surface area (TPSA) is 72.9 Å². The number of amides is 2. The van der Waals surface area contributed by atoms with Crippen LogP contribution in [-0.2, 0) is 0 Å². The van der Waals surface area contributed by atoms with Gasteiger partial charge in [-0.3, -0.25) is 0 Å². The molecular weight excluding hydrogens is 322 g/mol. The van der Waals surface area contributed by atoms with E-state index in [2.05, 4.69) is 10.3 Å². The van der Waals surface area contributed by atoms with Crippen molar-refractivity contribution in [1.29, 1.82) is 0 Å². The zero-order valence-corrected chi connectivity index (χ0v) is 13.9. The number of hydrogen-bond acceptors (Lipinski definition) is 5. The molecule has 1 aromatic carbocycles. The lowest BCUT2D eigenvalue weighted by Crippen LogP contribution is -2.34. The normalized spacial score (nSPS) is 18.3. The minimum atomic E-state index is -0.151. The van der Waals surface area contributed by atoms with E-state index < -0.39 is 0 Å². The fourth-order valence-electron chi connectivity index (χ4n) is 2.88. The van der Waals surface area contributed by atoms with E-state index in [0.29, 0.717) is 36.2 Å². The van der Waals surface area contributed by atoms with E-state index in [1.165, 1.54) is 0 Å². The quantitative estimate of drug-likeness (QED) is 0.929. The van der Waals surface area contributed by atoms with Crippen LogP contribution in [0.2, 0.25) is 0 Å². The van der Waals surface area contributed by atoms with Crippen molar-refractivity contribution in [3.8, 4) is 17.4 Å². The first-order valence-corrected chi connectivity index (χ1v) is 8.22. The second-order valence-corrected chi connectivity index (χ2v) is 6.15. The fraction of sp³-hybridized carbons (Fsp3) is 0.333. The van der Waals surface area contributed by atoms with E-state index in [0.717, 1.165) is 12.0 Å². The lowest BCUT2D eigenvalue weighted by atomic mass is 10.3. The van der Waals surface area contributed by atoms with Crippen molar-refractivity contribution in [2.75, 3.05) is 25.2 Å². The van der Waals surface area contributed by atoms with Crippen LogP contribution in [0.25, 0.3) is 0 Å². The van der Waals surface area contributed by atoms with Gasteiger partial charge < -0.3 is 24.4 Å². The molecule has 0 bridgehead atoms. The third-order valence-electron chi connectivity index (χ3n) is 4.23. The smallest absolute Gasteiger partial charge is 0.321 e. The van der Waals surface area contributed by atoms with E-state index in [4.69, 9.17) is 14.2 Å². The maximum absolute atomic E-state index is 12.4. The van der Waals surface area contributed by atoms with Crippen LogP contribution in [0.1, 0.15) is 12.0 Å². The van der Waals surface area contributed by atoms with E-state index in [-0.39, 0.29) is 18.9 Å². The van der Waals surface area contributed by atoms with Crippen LogP contribution in [0.5, 0.6) is 17.4 Å². The Morgan fingerprint density at radius 3 is 3.00 bits per heavy atom. The molecule has 25 heavy (non-hydrogen) atoms. The van der Waals surface area contributed by atoms with Gasteiger partial charge in [0.15, 0.2) is 11.5 Å². The summed E-state index contributed by atoms with van der Waals surface area (Å²) in [5, 5.41) is 2.89. The number of benzene rings is 1. The minimum Gasteiger partial charge on any atom is -0.472 e. The molecule has 2 aliphatic rings. The number of nitrogens with one attached hydrogen (secondary N) is 1. The average Bonchev–Trinajstić information content (AvgIpc) is 3.26. The van der Waals surface area contributed by atoms with Crippen LogP contribution in [0.3, 0.4) is 0 Å². The van der Waals surface area contributed by atoms with Gasteiger partial charge in [-0.2, -0.15) is 0 Å². The van der Waals surface area contributed by atoms with Crippen LogP contribution >= 0.6 is 0 Å². The molecule has 1 N–H and O–H groups in total. The Morgan fingerprint density at radius 2 is 2.16 bits per heavy atom. The highest BCUT2D eigenvalue weighted by Crippen LogP contribution is 2.34. The van der Waals surface area contributed by atoms with Gasteiger partial charge >= 0.3 is 6.03 Å². The predicted octanol–water partition coefficient (Wildman–Crippen LogP) is 2.80. The Hall–Kier alpha value is -2.96. The van der Waals surface area contributed by atoms with Crippen molar-refractivity contribution in [3.05, 3.63) is 42.1 Å². The molecule has 3 heterocycles. The maximum Gasteiger partial charge on any atom is 0.321 e. The number of carbonyl (C=O) groups is 1. The first-order valence-electron chi connectivity index (χ1n) is 8.22. The van der Waals surface area contributed by atoms with Gasteiger partial charge in [-0.1, -0.05) is 6.07 Å². The first kappa shape index (κ1) is 15.6. The predicted molar refractivity (Wildman–Crippen MR) is 91.2 cm³/mol. The summed E-state index contributed by atoms with van der Waals surface area (Å²) in [6.45, 7) is 3.37. The zero-order chi connectivity index (χ0) is 17.2. The van der Waals surface area contributed by atoms with Crippen LogP contribution in [-0.4, -0.2) is 41.9 Å². The zero-order valence-electron chi connectivity index (χ0n) is 13.9. The standard InChI is InChI=1S/C18H19N3O4/c1-12-2-5-17(19-9-12)25-14-6-7-21(10-14)18(22)20-13-3-4-15-16(8-13)24-11-23-15/h2-5,8-9,14H,6-7,10-11H2,1H3,(H,20,22)/t14-/m1/s1. The lowest BCUT2D eigenvalue weighted by Gasteiger charge is -2.18. The molecule has 7 nitrogen and oxygen atoms in total. The highest BCUT2D eigenvalue weighted by Gasteiger charge is 2.28. The van der Waals surface area contributed by atoms with E-state index in [1.54, 1.807) is 29.3 Å². The second kappa shape index (κ2) is 6.51. The van der Waals surface area contributed by atoms with Gasteiger partial charge in [0.2, 0.25) is 12.7 Å². The molecule has 130 valence electrons. The van der Waals surface area contributed by atoms with Gasteiger partial charge in [-0.05, 0) is 24.6 Å². The summed E-state index contributed by atoms with van der Waals surface area (Å²) in [7, 11) is 0. The van der Waals surface area contributed by atoms with Gasteiger partial charge in [-0.25, -0.2) is 9.78 Å². The summed E-state index contributed by atoms with van der Waals surface area (Å²) in [5.41, 5.74) is 1.77. The summed E-state index contributed by atoms with van der Waals surface area (Å²) in [4.78, 5) is 18.4. The number of carbonyl (C=O) groups excluding carboxylic acids is 1. The molecule has 0 aliphatic carbocycles. The summed E-state index contributed by atoms with van der Waals surface area (Å²) < 4.78 is 16.4. The maximum atomic E-state index is 12.4. The second-order valence-electron chi connectivity index (χ2n) is 6.15. The molecule has 1 aromatic heterocycles. The van der Waals surface area contributed by atoms with Crippen molar-refractivity contribution in [1.82, 2.24) is 9.88 Å². The molecule has 4 rings (SSSR count). The van der Waals surface area contributed by atoms with E-state index in [1.807, 2.05) is 19.1 Å². The Bertz CT molecular complexity index is 778. The number of rotatable bonds is 3. The van der Waals surface area contributed by atoms with Gasteiger partial charge in [0, 0.05) is 37.0 Å². The highest BCUT2D eigenvalue weighted by molar-refractivity contribution is 5.90. The highest BCUT2D eigenvalue weighted by atomic mass is 16.7. The van der Waals surface area contributed by atoms with Crippen molar-refractivity contribution in [3.63, 3.8) is 0 Å². The number of urea groups is 1. The number of nitrogens with zero attached hydrogens (tertiary/aromatic N) is 2. The van der Waals surface area contributed by atoms with Crippen molar-refractivity contribution >= 4 is 11.7 Å². The number of hydrogen-bond donors (Lipinski definition) is 1. The number of aromatic nitrogens is 1. The summed E-state index contributed by atoms with van der Waals surface area (Å²) in [5.74, 6) is 1.93. The minimum absolute atomic E-state index is 0.0438. The monoisotopic (exact) mass is 341 g/mol. The lowest BCUT2D eigenvalue weighted by molar-refractivity contribution is 0.174. The largest absolute Gasteiger partial charge is 0.472 e. The molecule has 1 atom stereocenters. The number of likely N-dealkylation sites (tertiary alicyclic amines) is 1. The van der Waals surface area contributed by atoms with Crippen LogP contribution in [0.15, 0.2) is 36.5 Å². The summed E-state index contributed by atoms with van der Waals surface area (Å²) in [6.07, 6.45) is 2.51. The SMILES string of the molecule is Cc1ccc(O[C@@H]2CCN(C(=O)Nc3ccc4c(c3)OCO4)C2)nc1. The molecular formula is C18H19N3O4. The van der Waals surface area contributed by atoms with Crippen LogP contribution in [0, 0.1) is 6.92 Å². The Morgan fingerprint density at radius 1 is 1.28 bits per heavy atom. The molecule has 0 radical (unpaired) electrons.